The first-order chi connectivity index (χ1) is 19.3. The largest absolute Gasteiger partial charge is 0.491 e. The van der Waals surface area contributed by atoms with Crippen LogP contribution in [-0.2, 0) is 22.5 Å². The molecule has 2 rings (SSSR count). The van der Waals surface area contributed by atoms with Gasteiger partial charge in [-0.1, -0.05) is 114 Å². The Morgan fingerprint density at radius 3 is 2.08 bits per heavy atom. The fourth-order valence-electron chi connectivity index (χ4n) is 5.43. The summed E-state index contributed by atoms with van der Waals surface area (Å²) in [5.41, 5.74) is 2.63. The lowest BCUT2D eigenvalue weighted by Crippen LogP contribution is -2.44. The SMILES string of the molecule is CCCCCCCCCCCCc1cccc(OC(C)CCOC(=O)C(CC)C[N+](C)(C)Cc2ccccc2)c1. The van der Waals surface area contributed by atoms with Gasteiger partial charge in [-0.2, -0.15) is 0 Å². The van der Waals surface area contributed by atoms with E-state index in [1.807, 2.05) is 12.1 Å². The summed E-state index contributed by atoms with van der Waals surface area (Å²) in [6.45, 7) is 8.46. The Labute approximate surface area is 246 Å². The molecular formula is C36H58NO3+. The summed E-state index contributed by atoms with van der Waals surface area (Å²) in [6, 6.07) is 19.0. The molecule has 224 valence electrons. The zero-order valence-corrected chi connectivity index (χ0v) is 26.3. The Morgan fingerprint density at radius 1 is 0.800 bits per heavy atom. The molecule has 0 radical (unpaired) electrons. The first kappa shape index (κ1) is 33.9. The van der Waals surface area contributed by atoms with Gasteiger partial charge in [0.15, 0.2) is 0 Å². The fourth-order valence-corrected chi connectivity index (χ4v) is 5.43. The molecule has 0 aromatic heterocycles. The van der Waals surface area contributed by atoms with Crippen LogP contribution in [0.15, 0.2) is 54.6 Å². The number of benzene rings is 2. The van der Waals surface area contributed by atoms with Crippen LogP contribution in [0.2, 0.25) is 0 Å². The van der Waals surface area contributed by atoms with Crippen LogP contribution < -0.4 is 4.74 Å². The van der Waals surface area contributed by atoms with E-state index in [2.05, 4.69) is 77.3 Å². The highest BCUT2D eigenvalue weighted by molar-refractivity contribution is 5.72. The number of esters is 1. The second-order valence-corrected chi connectivity index (χ2v) is 12.3. The Morgan fingerprint density at radius 2 is 1.43 bits per heavy atom. The molecule has 2 aromatic rings. The van der Waals surface area contributed by atoms with Crippen LogP contribution >= 0.6 is 0 Å². The molecule has 0 saturated carbocycles. The van der Waals surface area contributed by atoms with E-state index in [4.69, 9.17) is 9.47 Å². The predicted octanol–water partition coefficient (Wildman–Crippen LogP) is 9.15. The number of aryl methyl sites for hydroxylation is 1. The number of nitrogens with zero attached hydrogens (tertiary/aromatic N) is 1. The minimum atomic E-state index is -0.0996. The number of rotatable bonds is 22. The summed E-state index contributed by atoms with van der Waals surface area (Å²) in [6.07, 6.45) is 16.2. The maximum Gasteiger partial charge on any atom is 0.314 e. The van der Waals surface area contributed by atoms with Gasteiger partial charge in [-0.3, -0.25) is 4.79 Å². The van der Waals surface area contributed by atoms with Crippen molar-refractivity contribution in [3.05, 3.63) is 65.7 Å². The zero-order chi connectivity index (χ0) is 29.1. The number of carbonyl (C=O) groups is 1. The second kappa shape index (κ2) is 19.7. The molecular weight excluding hydrogens is 494 g/mol. The van der Waals surface area contributed by atoms with Gasteiger partial charge >= 0.3 is 5.97 Å². The summed E-state index contributed by atoms with van der Waals surface area (Å²) in [5.74, 6) is 0.722. The zero-order valence-electron chi connectivity index (χ0n) is 26.3. The smallest absolute Gasteiger partial charge is 0.314 e. The van der Waals surface area contributed by atoms with Crippen LogP contribution in [0.1, 0.15) is 109 Å². The summed E-state index contributed by atoms with van der Waals surface area (Å²) >= 11 is 0. The van der Waals surface area contributed by atoms with Crippen molar-refractivity contribution >= 4 is 5.97 Å². The van der Waals surface area contributed by atoms with Gasteiger partial charge in [0.25, 0.3) is 0 Å². The van der Waals surface area contributed by atoms with E-state index < -0.39 is 0 Å². The number of ether oxygens (including phenoxy) is 2. The molecule has 4 heteroatoms. The van der Waals surface area contributed by atoms with Crippen LogP contribution in [0, 0.1) is 5.92 Å². The van der Waals surface area contributed by atoms with Gasteiger partial charge in [-0.15, -0.1) is 0 Å². The predicted molar refractivity (Wildman–Crippen MR) is 169 cm³/mol. The average Bonchev–Trinajstić information content (AvgIpc) is 2.93. The Bertz CT molecular complexity index is 927. The lowest BCUT2D eigenvalue weighted by atomic mass is 10.0. The van der Waals surface area contributed by atoms with E-state index in [0.29, 0.717) is 13.0 Å². The molecule has 40 heavy (non-hydrogen) atoms. The second-order valence-electron chi connectivity index (χ2n) is 12.3. The molecule has 0 aliphatic rings. The number of quaternary nitrogens is 1. The third-order valence-corrected chi connectivity index (χ3v) is 7.82. The maximum absolute atomic E-state index is 12.9. The van der Waals surface area contributed by atoms with E-state index in [-0.39, 0.29) is 18.0 Å². The van der Waals surface area contributed by atoms with Gasteiger partial charge in [-0.25, -0.2) is 0 Å². The van der Waals surface area contributed by atoms with Gasteiger partial charge in [0.2, 0.25) is 0 Å². The first-order valence-corrected chi connectivity index (χ1v) is 16.1. The van der Waals surface area contributed by atoms with Crippen molar-refractivity contribution in [2.75, 3.05) is 27.2 Å². The quantitative estimate of drug-likeness (QED) is 0.0830. The van der Waals surface area contributed by atoms with Gasteiger partial charge in [0.1, 0.15) is 18.2 Å². The summed E-state index contributed by atoms with van der Waals surface area (Å²) < 4.78 is 12.6. The molecule has 0 bridgehead atoms. The summed E-state index contributed by atoms with van der Waals surface area (Å²) in [4.78, 5) is 12.9. The van der Waals surface area contributed by atoms with Crippen LogP contribution in [0.25, 0.3) is 0 Å². The number of hydrogen-bond acceptors (Lipinski definition) is 3. The highest BCUT2D eigenvalue weighted by Gasteiger charge is 2.28. The molecule has 0 spiro atoms. The van der Waals surface area contributed by atoms with Crippen LogP contribution in [0.3, 0.4) is 0 Å². The highest BCUT2D eigenvalue weighted by Crippen LogP contribution is 2.20. The van der Waals surface area contributed by atoms with E-state index in [1.165, 1.54) is 75.3 Å². The third kappa shape index (κ3) is 14.9. The molecule has 0 aliphatic heterocycles. The van der Waals surface area contributed by atoms with Crippen LogP contribution in [0.4, 0.5) is 0 Å². The minimum Gasteiger partial charge on any atom is -0.491 e. The van der Waals surface area contributed by atoms with Crippen molar-refractivity contribution in [2.45, 2.75) is 117 Å². The summed E-state index contributed by atoms with van der Waals surface area (Å²) in [7, 11) is 4.37. The molecule has 0 heterocycles. The Balaban J connectivity index is 1.64. The van der Waals surface area contributed by atoms with Crippen molar-refractivity contribution in [2.24, 2.45) is 5.92 Å². The molecule has 2 atom stereocenters. The molecule has 2 aromatic carbocycles. The normalized spacial score (nSPS) is 13.1. The lowest BCUT2D eigenvalue weighted by Gasteiger charge is -2.32. The molecule has 4 nitrogen and oxygen atoms in total. The molecule has 0 aliphatic carbocycles. The van der Waals surface area contributed by atoms with Crippen molar-refractivity contribution in [3.63, 3.8) is 0 Å². The molecule has 0 saturated heterocycles. The number of hydrogen-bond donors (Lipinski definition) is 0. The molecule has 0 N–H and O–H groups in total. The fraction of sp³-hybridized carbons (Fsp3) is 0.639. The Hall–Kier alpha value is -2.33. The topological polar surface area (TPSA) is 35.5 Å². The van der Waals surface area contributed by atoms with E-state index >= 15 is 0 Å². The van der Waals surface area contributed by atoms with Gasteiger partial charge in [-0.05, 0) is 43.9 Å². The molecule has 0 amide bonds. The average molecular weight is 553 g/mol. The third-order valence-electron chi connectivity index (χ3n) is 7.82. The van der Waals surface area contributed by atoms with Crippen molar-refractivity contribution < 1.29 is 18.8 Å². The van der Waals surface area contributed by atoms with Gasteiger partial charge in [0, 0.05) is 12.0 Å². The monoisotopic (exact) mass is 552 g/mol. The maximum atomic E-state index is 12.9. The molecule has 2 unspecified atom stereocenters. The highest BCUT2D eigenvalue weighted by atomic mass is 16.5. The van der Waals surface area contributed by atoms with Crippen molar-refractivity contribution in [3.8, 4) is 5.75 Å². The van der Waals surface area contributed by atoms with Crippen molar-refractivity contribution in [1.82, 2.24) is 0 Å². The molecule has 0 fully saturated rings. The Kier molecular flexibility index (Phi) is 16.7. The van der Waals surface area contributed by atoms with Crippen LogP contribution in [-0.4, -0.2) is 43.8 Å². The lowest BCUT2D eigenvalue weighted by molar-refractivity contribution is -0.906. The first-order valence-electron chi connectivity index (χ1n) is 16.1. The van der Waals surface area contributed by atoms with E-state index in [0.717, 1.165) is 36.2 Å². The number of unbranched alkanes of at least 4 members (excludes halogenated alkanes) is 9. The minimum absolute atomic E-state index is 0.00856. The van der Waals surface area contributed by atoms with E-state index in [9.17, 15) is 4.79 Å². The van der Waals surface area contributed by atoms with Gasteiger partial charge < -0.3 is 14.0 Å². The van der Waals surface area contributed by atoms with Crippen molar-refractivity contribution in [1.29, 1.82) is 0 Å². The van der Waals surface area contributed by atoms with Gasteiger partial charge in [0.05, 0.1) is 33.4 Å². The van der Waals surface area contributed by atoms with Crippen LogP contribution in [0.5, 0.6) is 5.75 Å². The summed E-state index contributed by atoms with van der Waals surface area (Å²) in [5, 5.41) is 0. The standard InChI is InChI=1S/C36H58NO3/c1-6-8-9-10-11-12-13-14-15-17-21-32-24-20-25-35(28-32)40-31(3)26-27-39-36(38)34(7-2)30-37(4,5)29-33-22-18-16-19-23-33/h16,18-20,22-25,28,31,34H,6-15,17,21,26-27,29-30H2,1-5H3/q+1. The number of carbonyl (C=O) groups excluding carboxylic acids is 1. The van der Waals surface area contributed by atoms with E-state index in [1.54, 1.807) is 0 Å².